The number of aliphatic imine (C=N–C) groups is 1. The fourth-order valence-corrected chi connectivity index (χ4v) is 2.89. The number of methoxy groups -OCH3 is 2. The molecule has 2 aromatic carbocycles. The lowest BCUT2D eigenvalue weighted by atomic mass is 9.93. The fourth-order valence-electron chi connectivity index (χ4n) is 2.89. The van der Waals surface area contributed by atoms with Crippen LogP contribution in [0.15, 0.2) is 41.4 Å². The van der Waals surface area contributed by atoms with E-state index in [4.69, 9.17) is 14.2 Å². The average Bonchev–Trinajstić information content (AvgIpc) is 2.64. The maximum absolute atomic E-state index is 13.1. The van der Waals surface area contributed by atoms with Crippen molar-refractivity contribution in [3.8, 4) is 11.5 Å². The number of hydrogen-bond acceptors (Lipinski definition) is 4. The first-order chi connectivity index (χ1) is 12.2. The largest absolute Gasteiger partial charge is 0.493 e. The second kappa shape index (κ2) is 8.12. The summed E-state index contributed by atoms with van der Waals surface area (Å²) < 4.78 is 29.5. The number of hydrogen-bond donors (Lipinski definition) is 0. The topological polar surface area (TPSA) is 40.0 Å². The Balaban J connectivity index is 1.79. The van der Waals surface area contributed by atoms with E-state index in [1.807, 2.05) is 18.3 Å². The van der Waals surface area contributed by atoms with Crippen LogP contribution in [-0.2, 0) is 11.2 Å². The van der Waals surface area contributed by atoms with Crippen molar-refractivity contribution >= 4 is 6.21 Å². The smallest absolute Gasteiger partial charge is 0.161 e. The van der Waals surface area contributed by atoms with Crippen molar-refractivity contribution in [2.75, 3.05) is 27.4 Å². The Kier molecular flexibility index (Phi) is 5.66. The molecule has 0 saturated carbocycles. The second-order valence-electron chi connectivity index (χ2n) is 5.95. The van der Waals surface area contributed by atoms with Gasteiger partial charge in [0.2, 0.25) is 0 Å². The van der Waals surface area contributed by atoms with E-state index in [2.05, 4.69) is 4.99 Å². The molecule has 1 unspecified atom stereocenters. The Labute approximate surface area is 147 Å². The number of rotatable bonds is 7. The standard InChI is InChI=1S/C20H22FNO3/c1-23-8-3-9-25-20-11-15-10-18(14-4-6-17(21)7-5-14)22-13-16(15)12-19(20)24-2/h4-7,11-13,18H,3,8-10H2,1-2H3. The van der Waals surface area contributed by atoms with Crippen molar-refractivity contribution < 1.29 is 18.6 Å². The summed E-state index contributed by atoms with van der Waals surface area (Å²) in [6.45, 7) is 1.23. The van der Waals surface area contributed by atoms with Crippen molar-refractivity contribution in [1.82, 2.24) is 0 Å². The van der Waals surface area contributed by atoms with Gasteiger partial charge < -0.3 is 14.2 Å². The minimum absolute atomic E-state index is 0.0113. The number of benzene rings is 2. The van der Waals surface area contributed by atoms with Gasteiger partial charge in [-0.05, 0) is 47.4 Å². The van der Waals surface area contributed by atoms with Gasteiger partial charge in [-0.2, -0.15) is 0 Å². The molecule has 0 aromatic heterocycles. The normalized spacial score (nSPS) is 15.7. The first-order valence-electron chi connectivity index (χ1n) is 8.32. The van der Waals surface area contributed by atoms with Crippen LogP contribution in [0.25, 0.3) is 0 Å². The summed E-state index contributed by atoms with van der Waals surface area (Å²) in [5.74, 6) is 1.19. The maximum Gasteiger partial charge on any atom is 0.161 e. The molecule has 0 aliphatic carbocycles. The maximum atomic E-state index is 13.1. The van der Waals surface area contributed by atoms with E-state index in [-0.39, 0.29) is 11.9 Å². The Morgan fingerprint density at radius 1 is 1.08 bits per heavy atom. The third-order valence-corrected chi connectivity index (χ3v) is 4.24. The number of halogens is 1. The van der Waals surface area contributed by atoms with E-state index in [0.717, 1.165) is 35.3 Å². The molecule has 25 heavy (non-hydrogen) atoms. The molecule has 5 heteroatoms. The zero-order valence-corrected chi connectivity index (χ0v) is 14.5. The summed E-state index contributed by atoms with van der Waals surface area (Å²) in [6.07, 6.45) is 3.41. The quantitative estimate of drug-likeness (QED) is 0.714. The number of nitrogens with zero attached hydrogens (tertiary/aromatic N) is 1. The van der Waals surface area contributed by atoms with Gasteiger partial charge in [-0.25, -0.2) is 4.39 Å². The average molecular weight is 343 g/mol. The molecule has 132 valence electrons. The molecule has 1 aliphatic rings. The van der Waals surface area contributed by atoms with E-state index in [1.54, 1.807) is 26.4 Å². The molecule has 3 rings (SSSR count). The van der Waals surface area contributed by atoms with E-state index >= 15 is 0 Å². The molecule has 2 aromatic rings. The zero-order valence-electron chi connectivity index (χ0n) is 14.5. The van der Waals surface area contributed by atoms with Crippen LogP contribution in [0.5, 0.6) is 11.5 Å². The van der Waals surface area contributed by atoms with Crippen LogP contribution in [0.3, 0.4) is 0 Å². The van der Waals surface area contributed by atoms with Crippen LogP contribution in [0.2, 0.25) is 0 Å². The zero-order chi connectivity index (χ0) is 17.6. The highest BCUT2D eigenvalue weighted by Crippen LogP contribution is 2.35. The van der Waals surface area contributed by atoms with Crippen LogP contribution < -0.4 is 9.47 Å². The molecule has 1 aliphatic heterocycles. The van der Waals surface area contributed by atoms with Gasteiger partial charge >= 0.3 is 0 Å². The number of ether oxygens (including phenoxy) is 3. The predicted octanol–water partition coefficient (Wildman–Crippen LogP) is 3.97. The summed E-state index contributed by atoms with van der Waals surface area (Å²) in [5, 5.41) is 0. The number of fused-ring (bicyclic) bond motifs is 1. The highest BCUT2D eigenvalue weighted by molar-refractivity contribution is 5.84. The molecular formula is C20H22FNO3. The Morgan fingerprint density at radius 3 is 2.60 bits per heavy atom. The van der Waals surface area contributed by atoms with E-state index < -0.39 is 0 Å². The monoisotopic (exact) mass is 343 g/mol. The summed E-state index contributed by atoms with van der Waals surface area (Å²) in [4.78, 5) is 4.60. The van der Waals surface area contributed by atoms with Gasteiger partial charge in [0, 0.05) is 26.4 Å². The van der Waals surface area contributed by atoms with Gasteiger partial charge in [-0.1, -0.05) is 12.1 Å². The van der Waals surface area contributed by atoms with E-state index in [0.29, 0.717) is 19.0 Å². The first-order valence-corrected chi connectivity index (χ1v) is 8.32. The molecule has 4 nitrogen and oxygen atoms in total. The lowest BCUT2D eigenvalue weighted by Crippen LogP contribution is -2.10. The lowest BCUT2D eigenvalue weighted by molar-refractivity contribution is 0.170. The summed E-state index contributed by atoms with van der Waals surface area (Å²) in [5.41, 5.74) is 3.17. The molecular weight excluding hydrogens is 321 g/mol. The van der Waals surface area contributed by atoms with Crippen LogP contribution >= 0.6 is 0 Å². The van der Waals surface area contributed by atoms with Gasteiger partial charge in [0.05, 0.1) is 19.8 Å². The highest BCUT2D eigenvalue weighted by atomic mass is 19.1. The molecule has 1 atom stereocenters. The van der Waals surface area contributed by atoms with Crippen LogP contribution in [0.4, 0.5) is 4.39 Å². The Bertz CT molecular complexity index is 743. The Morgan fingerprint density at radius 2 is 1.88 bits per heavy atom. The van der Waals surface area contributed by atoms with E-state index in [9.17, 15) is 4.39 Å². The molecule has 0 radical (unpaired) electrons. The van der Waals surface area contributed by atoms with Gasteiger partial charge in [0.15, 0.2) is 11.5 Å². The molecule has 0 saturated heterocycles. The van der Waals surface area contributed by atoms with Gasteiger partial charge in [0.25, 0.3) is 0 Å². The molecule has 0 bridgehead atoms. The fraction of sp³-hybridized carbons (Fsp3) is 0.350. The van der Waals surface area contributed by atoms with Crippen molar-refractivity contribution in [2.45, 2.75) is 18.9 Å². The first kappa shape index (κ1) is 17.4. The third kappa shape index (κ3) is 4.17. The minimum Gasteiger partial charge on any atom is -0.493 e. The van der Waals surface area contributed by atoms with Crippen LogP contribution in [0.1, 0.15) is 29.2 Å². The van der Waals surface area contributed by atoms with Crippen LogP contribution in [-0.4, -0.2) is 33.6 Å². The van der Waals surface area contributed by atoms with Crippen molar-refractivity contribution in [1.29, 1.82) is 0 Å². The summed E-state index contributed by atoms with van der Waals surface area (Å²) in [6, 6.07) is 10.5. The van der Waals surface area contributed by atoms with Crippen LogP contribution in [0, 0.1) is 5.82 Å². The van der Waals surface area contributed by atoms with Gasteiger partial charge in [0.1, 0.15) is 5.82 Å². The molecule has 0 spiro atoms. The molecule has 0 N–H and O–H groups in total. The van der Waals surface area contributed by atoms with Gasteiger partial charge in [-0.3, -0.25) is 4.99 Å². The Hall–Kier alpha value is -2.40. The van der Waals surface area contributed by atoms with Crippen molar-refractivity contribution in [3.05, 3.63) is 58.9 Å². The predicted molar refractivity (Wildman–Crippen MR) is 95.4 cm³/mol. The molecule has 0 amide bonds. The van der Waals surface area contributed by atoms with Crippen molar-refractivity contribution in [2.24, 2.45) is 4.99 Å². The second-order valence-corrected chi connectivity index (χ2v) is 5.95. The van der Waals surface area contributed by atoms with Crippen molar-refractivity contribution in [3.63, 3.8) is 0 Å². The minimum atomic E-state index is -0.236. The van der Waals surface area contributed by atoms with E-state index in [1.165, 1.54) is 12.1 Å². The lowest BCUT2D eigenvalue weighted by Gasteiger charge is -2.21. The summed E-state index contributed by atoms with van der Waals surface area (Å²) >= 11 is 0. The highest BCUT2D eigenvalue weighted by Gasteiger charge is 2.20. The molecule has 1 heterocycles. The summed E-state index contributed by atoms with van der Waals surface area (Å²) in [7, 11) is 3.30. The SMILES string of the molecule is COCCCOc1cc2c(cc1OC)C=NC(c1ccc(F)cc1)C2. The molecule has 0 fully saturated rings. The van der Waals surface area contributed by atoms with Gasteiger partial charge in [-0.15, -0.1) is 0 Å². The third-order valence-electron chi connectivity index (χ3n) is 4.24.